The number of fused-ring (bicyclic) bond motifs is 2. The Morgan fingerprint density at radius 1 is 0.826 bits per heavy atom. The van der Waals surface area contributed by atoms with Crippen LogP contribution >= 0.6 is 0 Å². The van der Waals surface area contributed by atoms with Crippen molar-refractivity contribution in [1.29, 1.82) is 0 Å². The van der Waals surface area contributed by atoms with Crippen molar-refractivity contribution in [2.24, 2.45) is 0 Å². The average Bonchev–Trinajstić information content (AvgIpc) is 2.59. The van der Waals surface area contributed by atoms with Gasteiger partial charge in [0.1, 0.15) is 11.5 Å². The molecule has 2 bridgehead atoms. The van der Waals surface area contributed by atoms with E-state index in [1.54, 1.807) is 30.3 Å². The van der Waals surface area contributed by atoms with Crippen LogP contribution in [-0.4, -0.2) is 33.9 Å². The van der Waals surface area contributed by atoms with E-state index in [1.807, 2.05) is 0 Å². The third-order valence-electron chi connectivity index (χ3n) is 3.52. The topological polar surface area (TPSA) is 63.2 Å². The monoisotopic (exact) mass is 316 g/mol. The third kappa shape index (κ3) is 2.75. The minimum atomic E-state index is -0.193. The maximum Gasteiger partial charge on any atom is 0.230 e. The van der Waals surface area contributed by atoms with Crippen LogP contribution in [0.4, 0.5) is 0 Å². The number of ether oxygens (including phenoxy) is 5. The molecule has 2 aromatic rings. The van der Waals surface area contributed by atoms with E-state index in [9.17, 15) is 4.79 Å². The summed E-state index contributed by atoms with van der Waals surface area (Å²) in [4.78, 5) is 12.8. The fraction of sp³-hybridized carbons (Fsp3) is 0.235. The van der Waals surface area contributed by atoms with Crippen LogP contribution in [0.2, 0.25) is 0 Å². The fourth-order valence-corrected chi connectivity index (χ4v) is 2.41. The Kier molecular flexibility index (Phi) is 3.97. The van der Waals surface area contributed by atoms with Crippen LogP contribution in [0.3, 0.4) is 0 Å². The molecule has 0 N–H and O–H groups in total. The minimum Gasteiger partial charge on any atom is -0.493 e. The van der Waals surface area contributed by atoms with Crippen molar-refractivity contribution < 1.29 is 28.5 Å². The standard InChI is InChI=1S/C17H16O6/c1-19-14-6-11(7-15(20-2)17(14)21-3)16(18)10-4-12-8-13(5-10)23-9-22-12/h4-8H,9H2,1-3H3. The van der Waals surface area contributed by atoms with Gasteiger partial charge in [0.25, 0.3) is 0 Å². The summed E-state index contributed by atoms with van der Waals surface area (Å²) in [5, 5.41) is 0. The zero-order chi connectivity index (χ0) is 16.4. The van der Waals surface area contributed by atoms with E-state index >= 15 is 0 Å². The lowest BCUT2D eigenvalue weighted by Crippen LogP contribution is -2.12. The largest absolute Gasteiger partial charge is 0.493 e. The average molecular weight is 316 g/mol. The van der Waals surface area contributed by atoms with Gasteiger partial charge in [-0.05, 0) is 24.3 Å². The molecule has 1 heterocycles. The summed E-state index contributed by atoms with van der Waals surface area (Å²) >= 11 is 0. The van der Waals surface area contributed by atoms with Gasteiger partial charge in [0, 0.05) is 17.2 Å². The minimum absolute atomic E-state index is 0.153. The van der Waals surface area contributed by atoms with Gasteiger partial charge in [-0.15, -0.1) is 0 Å². The van der Waals surface area contributed by atoms with Crippen LogP contribution < -0.4 is 23.7 Å². The normalized spacial score (nSPS) is 12.0. The molecule has 0 fully saturated rings. The molecule has 23 heavy (non-hydrogen) atoms. The predicted octanol–water partition coefficient (Wildman–Crippen LogP) is 2.67. The molecule has 0 saturated carbocycles. The van der Waals surface area contributed by atoms with E-state index < -0.39 is 0 Å². The molecular weight excluding hydrogens is 300 g/mol. The van der Waals surface area contributed by atoms with Crippen molar-refractivity contribution in [2.45, 2.75) is 0 Å². The fourth-order valence-electron chi connectivity index (χ4n) is 2.41. The quantitative estimate of drug-likeness (QED) is 0.790. The molecule has 6 heteroatoms. The number of hydrogen-bond donors (Lipinski definition) is 0. The maximum atomic E-state index is 12.8. The summed E-state index contributed by atoms with van der Waals surface area (Å²) in [6.07, 6.45) is 0. The Hall–Kier alpha value is -2.89. The SMILES string of the molecule is COc1cc(C(=O)c2cc3cc(c2)OCO3)cc(OC)c1OC. The van der Waals surface area contributed by atoms with E-state index in [-0.39, 0.29) is 12.6 Å². The Balaban J connectivity index is 2.04. The number of methoxy groups -OCH3 is 3. The maximum absolute atomic E-state index is 12.8. The molecule has 0 aromatic heterocycles. The van der Waals surface area contributed by atoms with Crippen LogP contribution in [-0.2, 0) is 0 Å². The highest BCUT2D eigenvalue weighted by Crippen LogP contribution is 2.39. The van der Waals surface area contributed by atoms with Gasteiger partial charge in [-0.3, -0.25) is 4.79 Å². The highest BCUT2D eigenvalue weighted by atomic mass is 16.7. The molecule has 0 spiro atoms. The number of benzene rings is 2. The first-order chi connectivity index (χ1) is 11.2. The molecule has 0 saturated heterocycles. The van der Waals surface area contributed by atoms with Gasteiger partial charge in [0.15, 0.2) is 17.3 Å². The van der Waals surface area contributed by atoms with Gasteiger partial charge in [0.2, 0.25) is 12.5 Å². The second kappa shape index (κ2) is 6.08. The molecule has 0 amide bonds. The molecule has 0 radical (unpaired) electrons. The summed E-state index contributed by atoms with van der Waals surface area (Å²) in [5.74, 6) is 2.29. The van der Waals surface area contributed by atoms with Gasteiger partial charge in [-0.2, -0.15) is 0 Å². The summed E-state index contributed by atoms with van der Waals surface area (Å²) in [7, 11) is 4.52. The number of carbonyl (C=O) groups is 1. The second-order valence-electron chi connectivity index (χ2n) is 4.84. The number of rotatable bonds is 5. The van der Waals surface area contributed by atoms with Crippen molar-refractivity contribution in [3.63, 3.8) is 0 Å². The zero-order valence-electron chi connectivity index (χ0n) is 13.0. The van der Waals surface area contributed by atoms with E-state index in [2.05, 4.69) is 0 Å². The lowest BCUT2D eigenvalue weighted by atomic mass is 10.0. The Bertz CT molecular complexity index is 705. The number of hydrogen-bond acceptors (Lipinski definition) is 6. The van der Waals surface area contributed by atoms with E-state index in [0.717, 1.165) is 0 Å². The van der Waals surface area contributed by atoms with E-state index in [0.29, 0.717) is 39.9 Å². The molecule has 0 atom stereocenters. The van der Waals surface area contributed by atoms with Crippen LogP contribution in [0.1, 0.15) is 15.9 Å². The van der Waals surface area contributed by atoms with E-state index in [4.69, 9.17) is 23.7 Å². The van der Waals surface area contributed by atoms with Crippen LogP contribution in [0, 0.1) is 0 Å². The molecule has 6 nitrogen and oxygen atoms in total. The molecule has 0 unspecified atom stereocenters. The van der Waals surface area contributed by atoms with E-state index in [1.165, 1.54) is 21.3 Å². The Morgan fingerprint density at radius 3 is 1.83 bits per heavy atom. The molecule has 2 aromatic carbocycles. The van der Waals surface area contributed by atoms with Gasteiger partial charge >= 0.3 is 0 Å². The highest BCUT2D eigenvalue weighted by molar-refractivity contribution is 6.10. The third-order valence-corrected chi connectivity index (χ3v) is 3.52. The van der Waals surface area contributed by atoms with Gasteiger partial charge in [-0.1, -0.05) is 0 Å². The number of carbonyl (C=O) groups excluding carboxylic acids is 1. The summed E-state index contributed by atoms with van der Waals surface area (Å²) in [6.45, 7) is 0.153. The molecule has 1 aliphatic rings. The highest BCUT2D eigenvalue weighted by Gasteiger charge is 2.20. The Labute approximate surface area is 133 Å². The van der Waals surface area contributed by atoms with Gasteiger partial charge in [0.05, 0.1) is 21.3 Å². The van der Waals surface area contributed by atoms with Crippen molar-refractivity contribution in [3.05, 3.63) is 41.5 Å². The van der Waals surface area contributed by atoms with Crippen LogP contribution in [0.15, 0.2) is 30.3 Å². The van der Waals surface area contributed by atoms with Crippen molar-refractivity contribution in [1.82, 2.24) is 0 Å². The summed E-state index contributed by atoms with van der Waals surface area (Å²) in [6, 6.07) is 8.32. The predicted molar refractivity (Wildman–Crippen MR) is 82.1 cm³/mol. The second-order valence-corrected chi connectivity index (χ2v) is 4.84. The summed E-state index contributed by atoms with van der Waals surface area (Å²) < 4.78 is 26.4. The first-order valence-corrected chi connectivity index (χ1v) is 6.91. The first kappa shape index (κ1) is 15.0. The molecule has 3 rings (SSSR count). The molecular formula is C17H16O6. The number of ketones is 1. The lowest BCUT2D eigenvalue weighted by molar-refractivity contribution is 0.0995. The van der Waals surface area contributed by atoms with Crippen molar-refractivity contribution >= 4 is 5.78 Å². The van der Waals surface area contributed by atoms with Crippen LogP contribution in [0.25, 0.3) is 0 Å². The lowest BCUT2D eigenvalue weighted by Gasteiger charge is -2.17. The molecule has 0 aliphatic carbocycles. The first-order valence-electron chi connectivity index (χ1n) is 6.91. The zero-order valence-corrected chi connectivity index (χ0v) is 13.0. The molecule has 120 valence electrons. The summed E-state index contributed by atoms with van der Waals surface area (Å²) in [5.41, 5.74) is 0.884. The van der Waals surface area contributed by atoms with Crippen molar-refractivity contribution in [2.75, 3.05) is 28.1 Å². The van der Waals surface area contributed by atoms with Gasteiger partial charge in [-0.25, -0.2) is 0 Å². The van der Waals surface area contributed by atoms with Crippen molar-refractivity contribution in [3.8, 4) is 28.7 Å². The molecule has 1 aliphatic heterocycles. The smallest absolute Gasteiger partial charge is 0.230 e. The van der Waals surface area contributed by atoms with Crippen LogP contribution in [0.5, 0.6) is 28.7 Å². The van der Waals surface area contributed by atoms with Gasteiger partial charge < -0.3 is 23.7 Å². The Morgan fingerprint density at radius 2 is 1.35 bits per heavy atom.